The smallest absolute Gasteiger partial charge is 0.0207 e. The minimum atomic E-state index is 0.444. The summed E-state index contributed by atoms with van der Waals surface area (Å²) < 4.78 is 0. The second-order valence-corrected chi connectivity index (χ2v) is 8.89. The maximum Gasteiger partial charge on any atom is -0.0207 e. The summed E-state index contributed by atoms with van der Waals surface area (Å²) in [6.07, 6.45) is 24.3. The molecule has 0 radical (unpaired) electrons. The topological polar surface area (TPSA) is 0 Å². The third kappa shape index (κ3) is 20.2. The largest absolute Gasteiger partial charge is 0.132 e. The Morgan fingerprint density at radius 2 is 1.10 bits per heavy atom. The van der Waals surface area contributed by atoms with Crippen LogP contribution >= 0.6 is 9.24 Å². The van der Waals surface area contributed by atoms with Crippen LogP contribution in [-0.4, -0.2) is 5.16 Å². The predicted molar refractivity (Wildman–Crippen MR) is 103 cm³/mol. The van der Waals surface area contributed by atoms with Crippen molar-refractivity contribution in [1.82, 2.24) is 0 Å². The van der Waals surface area contributed by atoms with Crippen molar-refractivity contribution in [3.05, 3.63) is 12.2 Å². The van der Waals surface area contributed by atoms with Gasteiger partial charge >= 0.3 is 0 Å². The predicted octanol–water partition coefficient (Wildman–Crippen LogP) is 7.68. The van der Waals surface area contributed by atoms with E-state index in [1.807, 2.05) is 0 Å². The van der Waals surface area contributed by atoms with Crippen LogP contribution in [0, 0.1) is 0 Å². The van der Waals surface area contributed by atoms with E-state index in [4.69, 9.17) is 0 Å². The Balaban J connectivity index is 3.12. The molecule has 0 aliphatic carbocycles. The van der Waals surface area contributed by atoms with Gasteiger partial charge in [0.1, 0.15) is 0 Å². The van der Waals surface area contributed by atoms with Crippen molar-refractivity contribution in [2.75, 3.05) is 0 Å². The van der Waals surface area contributed by atoms with E-state index in [2.05, 4.69) is 42.2 Å². The van der Waals surface area contributed by atoms with E-state index in [0.717, 1.165) is 0 Å². The highest BCUT2D eigenvalue weighted by atomic mass is 31.0. The molecule has 21 heavy (non-hydrogen) atoms. The molecule has 0 aliphatic rings. The van der Waals surface area contributed by atoms with Crippen LogP contribution in [0.15, 0.2) is 12.2 Å². The van der Waals surface area contributed by atoms with E-state index in [9.17, 15) is 0 Å². The van der Waals surface area contributed by atoms with Crippen LogP contribution in [0.3, 0.4) is 0 Å². The fraction of sp³-hybridized carbons (Fsp3) is 0.900. The van der Waals surface area contributed by atoms with E-state index in [0.29, 0.717) is 5.16 Å². The molecule has 0 aromatic carbocycles. The van der Waals surface area contributed by atoms with Crippen LogP contribution in [-0.2, 0) is 0 Å². The molecule has 1 atom stereocenters. The van der Waals surface area contributed by atoms with E-state index < -0.39 is 0 Å². The summed E-state index contributed by atoms with van der Waals surface area (Å²) in [6.45, 7) is 6.91. The van der Waals surface area contributed by atoms with Crippen molar-refractivity contribution in [3.8, 4) is 0 Å². The van der Waals surface area contributed by atoms with E-state index in [-0.39, 0.29) is 0 Å². The fourth-order valence-electron chi connectivity index (χ4n) is 2.65. The van der Waals surface area contributed by atoms with Gasteiger partial charge in [-0.05, 0) is 37.3 Å². The first-order valence-corrected chi connectivity index (χ1v) is 10.1. The second-order valence-electron chi connectivity index (χ2n) is 7.32. The number of hydrogen-bond acceptors (Lipinski definition) is 0. The summed E-state index contributed by atoms with van der Waals surface area (Å²) in [5.41, 5.74) is 0. The van der Waals surface area contributed by atoms with Crippen molar-refractivity contribution >= 4 is 9.24 Å². The molecule has 0 bridgehead atoms. The molecule has 126 valence electrons. The lowest BCUT2D eigenvalue weighted by atomic mass is 10.0. The van der Waals surface area contributed by atoms with Crippen molar-refractivity contribution < 1.29 is 0 Å². The molecule has 0 saturated carbocycles. The van der Waals surface area contributed by atoms with Gasteiger partial charge in [0.05, 0.1) is 0 Å². The van der Waals surface area contributed by atoms with Gasteiger partial charge in [0.15, 0.2) is 0 Å². The van der Waals surface area contributed by atoms with Crippen LogP contribution < -0.4 is 0 Å². The SMILES string of the molecule is CCCCCCCC/C=C\CCCCCCCC(C)(C)P. The lowest BCUT2D eigenvalue weighted by molar-refractivity contribution is 0.544. The van der Waals surface area contributed by atoms with Gasteiger partial charge in [-0.2, -0.15) is 0 Å². The summed E-state index contributed by atoms with van der Waals surface area (Å²) in [5, 5.41) is 0.444. The van der Waals surface area contributed by atoms with E-state index >= 15 is 0 Å². The molecule has 0 aliphatic heterocycles. The average molecular weight is 313 g/mol. The van der Waals surface area contributed by atoms with Gasteiger partial charge in [-0.1, -0.05) is 90.7 Å². The van der Waals surface area contributed by atoms with Crippen molar-refractivity contribution in [2.45, 2.75) is 116 Å². The normalized spacial score (nSPS) is 12.4. The van der Waals surface area contributed by atoms with Gasteiger partial charge < -0.3 is 0 Å². The molecule has 0 nitrogen and oxygen atoms in total. The molecular formula is C20H41P. The molecule has 0 N–H and O–H groups in total. The lowest BCUT2D eigenvalue weighted by Gasteiger charge is -2.17. The molecule has 0 fully saturated rings. The minimum Gasteiger partial charge on any atom is -0.132 e. The molecular weight excluding hydrogens is 271 g/mol. The number of hydrogen-bond donors (Lipinski definition) is 0. The average Bonchev–Trinajstić information content (AvgIpc) is 2.42. The first-order valence-electron chi connectivity index (χ1n) is 9.50. The Morgan fingerprint density at radius 1 is 0.667 bits per heavy atom. The zero-order valence-electron chi connectivity index (χ0n) is 15.1. The Morgan fingerprint density at radius 3 is 1.57 bits per heavy atom. The summed E-state index contributed by atoms with van der Waals surface area (Å²) in [6, 6.07) is 0. The quantitative estimate of drug-likeness (QED) is 0.165. The van der Waals surface area contributed by atoms with Gasteiger partial charge in [-0.25, -0.2) is 0 Å². The van der Waals surface area contributed by atoms with Crippen molar-refractivity contribution in [2.24, 2.45) is 0 Å². The molecule has 0 aromatic rings. The number of allylic oxidation sites excluding steroid dienone is 2. The molecule has 0 rings (SSSR count). The van der Waals surface area contributed by atoms with Crippen LogP contribution in [0.25, 0.3) is 0 Å². The summed E-state index contributed by atoms with van der Waals surface area (Å²) in [7, 11) is 2.95. The zero-order chi connectivity index (χ0) is 15.8. The van der Waals surface area contributed by atoms with Gasteiger partial charge in [0.25, 0.3) is 0 Å². The summed E-state index contributed by atoms with van der Waals surface area (Å²) >= 11 is 0. The van der Waals surface area contributed by atoms with Crippen LogP contribution in [0.4, 0.5) is 0 Å². The molecule has 1 heteroatoms. The molecule has 0 heterocycles. The highest BCUT2D eigenvalue weighted by Gasteiger charge is 2.08. The molecule has 1 unspecified atom stereocenters. The standard InChI is InChI=1S/C20H41P/c1-4-5-6-7-8-9-10-11-12-13-14-15-16-17-18-19-20(2,3)21/h11-12H,4-10,13-19,21H2,1-3H3/b12-11-. The molecule has 0 amide bonds. The van der Waals surface area contributed by atoms with Gasteiger partial charge in [-0.15, -0.1) is 9.24 Å². The Hall–Kier alpha value is 0.170. The molecule has 0 saturated heterocycles. The first kappa shape index (κ1) is 21.2. The van der Waals surface area contributed by atoms with E-state index in [1.54, 1.807) is 0 Å². The van der Waals surface area contributed by atoms with Crippen LogP contribution in [0.1, 0.15) is 111 Å². The van der Waals surface area contributed by atoms with E-state index in [1.165, 1.54) is 89.9 Å². The third-order valence-corrected chi connectivity index (χ3v) is 4.37. The van der Waals surface area contributed by atoms with Crippen LogP contribution in [0.5, 0.6) is 0 Å². The van der Waals surface area contributed by atoms with Crippen LogP contribution in [0.2, 0.25) is 0 Å². The summed E-state index contributed by atoms with van der Waals surface area (Å²) in [4.78, 5) is 0. The van der Waals surface area contributed by atoms with Gasteiger partial charge in [0.2, 0.25) is 0 Å². The second kappa shape index (κ2) is 15.1. The zero-order valence-corrected chi connectivity index (χ0v) is 16.3. The molecule has 0 aromatic heterocycles. The number of rotatable bonds is 15. The third-order valence-electron chi connectivity index (χ3n) is 4.08. The minimum absolute atomic E-state index is 0.444. The van der Waals surface area contributed by atoms with Crippen molar-refractivity contribution in [3.63, 3.8) is 0 Å². The molecule has 0 spiro atoms. The Labute approximate surface area is 137 Å². The summed E-state index contributed by atoms with van der Waals surface area (Å²) in [5.74, 6) is 0. The highest BCUT2D eigenvalue weighted by Crippen LogP contribution is 2.24. The highest BCUT2D eigenvalue weighted by molar-refractivity contribution is 7.18. The van der Waals surface area contributed by atoms with Gasteiger partial charge in [-0.3, -0.25) is 0 Å². The Bertz CT molecular complexity index is 224. The maximum atomic E-state index is 2.95. The first-order chi connectivity index (χ1) is 10.1. The lowest BCUT2D eigenvalue weighted by Crippen LogP contribution is -2.07. The Kier molecular flexibility index (Phi) is 15.2. The maximum absolute atomic E-state index is 2.95. The van der Waals surface area contributed by atoms with Gasteiger partial charge in [0, 0.05) is 0 Å². The number of unbranched alkanes of at least 4 members (excludes halogenated alkanes) is 11. The monoisotopic (exact) mass is 312 g/mol. The van der Waals surface area contributed by atoms with Crippen molar-refractivity contribution in [1.29, 1.82) is 0 Å². The fourth-order valence-corrected chi connectivity index (χ4v) is 2.86.